The molecule has 0 bridgehead atoms. The van der Waals surface area contributed by atoms with Crippen molar-refractivity contribution in [1.29, 1.82) is 0 Å². The number of rotatable bonds is 3. The van der Waals surface area contributed by atoms with Gasteiger partial charge >= 0.3 is 0 Å². The summed E-state index contributed by atoms with van der Waals surface area (Å²) in [7, 11) is 0. The number of carbonyl (C=O) groups excluding carboxylic acids is 1. The molecule has 0 saturated heterocycles. The normalized spacial score (nSPS) is 11.3. The Morgan fingerprint density at radius 2 is 1.96 bits per heavy atom. The highest BCUT2D eigenvalue weighted by atomic mass is 16.2. The summed E-state index contributed by atoms with van der Waals surface area (Å²) in [4.78, 5) is 21.4. The molecule has 0 saturated carbocycles. The van der Waals surface area contributed by atoms with E-state index in [9.17, 15) is 4.79 Å². The fraction of sp³-hybridized carbons (Fsp3) is 0.238. The van der Waals surface area contributed by atoms with Gasteiger partial charge in [0.2, 0.25) is 0 Å². The minimum Gasteiger partial charge on any atom is -0.272 e. The number of hydrogen-bond donors (Lipinski definition) is 0. The second kappa shape index (κ2) is 6.46. The molecule has 0 radical (unpaired) electrons. The average molecular weight is 359 g/mol. The molecule has 0 unspecified atom stereocenters. The smallest absolute Gasteiger partial charge is 0.268 e. The van der Waals surface area contributed by atoms with Gasteiger partial charge in [-0.05, 0) is 44.4 Å². The average Bonchev–Trinajstić information content (AvgIpc) is 3.30. The molecule has 1 aromatic carbocycles. The fourth-order valence-electron chi connectivity index (χ4n) is 3.42. The summed E-state index contributed by atoms with van der Waals surface area (Å²) in [5.41, 5.74) is 7.89. The van der Waals surface area contributed by atoms with Crippen molar-refractivity contribution < 1.29 is 4.79 Å². The van der Waals surface area contributed by atoms with E-state index >= 15 is 0 Å². The molecule has 0 atom stereocenters. The molecule has 0 aliphatic rings. The van der Waals surface area contributed by atoms with Crippen molar-refractivity contribution in [3.05, 3.63) is 82.3 Å². The van der Waals surface area contributed by atoms with Crippen LogP contribution in [0.1, 0.15) is 44.0 Å². The number of hydrogen-bond acceptors (Lipinski definition) is 4. The van der Waals surface area contributed by atoms with E-state index < -0.39 is 0 Å². The zero-order chi connectivity index (χ0) is 19.1. The maximum atomic E-state index is 12.7. The van der Waals surface area contributed by atoms with Crippen LogP contribution in [0.2, 0.25) is 0 Å². The quantitative estimate of drug-likeness (QED) is 0.562. The van der Waals surface area contributed by atoms with E-state index in [0.717, 1.165) is 23.4 Å². The van der Waals surface area contributed by atoms with Crippen molar-refractivity contribution in [1.82, 2.24) is 24.1 Å². The third kappa shape index (κ3) is 2.93. The van der Waals surface area contributed by atoms with Crippen molar-refractivity contribution >= 4 is 11.6 Å². The number of carbonyl (C=O) groups is 1. The van der Waals surface area contributed by atoms with Crippen LogP contribution in [0, 0.1) is 27.7 Å². The maximum Gasteiger partial charge on any atom is 0.268 e. The van der Waals surface area contributed by atoms with E-state index in [4.69, 9.17) is 4.98 Å². The zero-order valence-electron chi connectivity index (χ0n) is 15.9. The Bertz CT molecular complexity index is 1160. The minimum absolute atomic E-state index is 0.184. The van der Waals surface area contributed by atoms with Gasteiger partial charge in [0.1, 0.15) is 11.9 Å². The summed E-state index contributed by atoms with van der Waals surface area (Å²) in [6.45, 7) is 8.25. The molecule has 0 N–H and O–H groups in total. The Labute approximate surface area is 157 Å². The number of imidazole rings is 1. The SMILES string of the molecule is Cc1ccc(C)c(Cc2c(C)nc3c(C(=O)n4ccnc4)cnn3c2C)c1. The molecular formula is C21H21N5O. The summed E-state index contributed by atoms with van der Waals surface area (Å²) >= 11 is 0. The lowest BCUT2D eigenvalue weighted by molar-refractivity contribution is 0.0961. The Morgan fingerprint density at radius 3 is 2.70 bits per heavy atom. The van der Waals surface area contributed by atoms with Gasteiger partial charge in [0.15, 0.2) is 5.65 Å². The number of benzene rings is 1. The van der Waals surface area contributed by atoms with Crippen LogP contribution in [-0.4, -0.2) is 30.1 Å². The molecule has 0 aliphatic carbocycles. The lowest BCUT2D eigenvalue weighted by Crippen LogP contribution is -2.12. The Morgan fingerprint density at radius 1 is 1.15 bits per heavy atom. The molecule has 3 aromatic heterocycles. The summed E-state index contributed by atoms with van der Waals surface area (Å²) < 4.78 is 3.20. The van der Waals surface area contributed by atoms with E-state index in [0.29, 0.717) is 11.2 Å². The van der Waals surface area contributed by atoms with Crippen molar-refractivity contribution in [2.45, 2.75) is 34.1 Å². The third-order valence-corrected chi connectivity index (χ3v) is 5.05. The van der Waals surface area contributed by atoms with Crippen LogP contribution in [0.3, 0.4) is 0 Å². The third-order valence-electron chi connectivity index (χ3n) is 5.05. The van der Waals surface area contributed by atoms with E-state index in [1.54, 1.807) is 23.1 Å². The first kappa shape index (κ1) is 17.1. The van der Waals surface area contributed by atoms with E-state index in [1.807, 2.05) is 13.8 Å². The summed E-state index contributed by atoms with van der Waals surface area (Å²) in [6, 6.07) is 6.49. The molecular weight excluding hydrogens is 338 g/mol. The van der Waals surface area contributed by atoms with Crippen LogP contribution >= 0.6 is 0 Å². The molecule has 3 heterocycles. The Hall–Kier alpha value is -3.28. The van der Waals surface area contributed by atoms with Gasteiger partial charge in [0.05, 0.1) is 6.20 Å². The van der Waals surface area contributed by atoms with Gasteiger partial charge in [-0.15, -0.1) is 0 Å². The molecule has 0 fully saturated rings. The molecule has 4 aromatic rings. The first-order valence-electron chi connectivity index (χ1n) is 8.88. The number of fused-ring (bicyclic) bond motifs is 1. The van der Waals surface area contributed by atoms with Gasteiger partial charge in [0.25, 0.3) is 5.91 Å². The van der Waals surface area contributed by atoms with Crippen LogP contribution in [-0.2, 0) is 6.42 Å². The number of nitrogens with zero attached hydrogens (tertiary/aromatic N) is 5. The highest BCUT2D eigenvalue weighted by molar-refractivity contribution is 6.01. The summed E-state index contributed by atoms with van der Waals surface area (Å²) in [5.74, 6) is -0.184. The standard InChI is InChI=1S/C21H21N5O/c1-13-5-6-14(2)17(9-13)10-18-15(3)24-20-19(11-23-26(20)16(18)4)21(27)25-8-7-22-12-25/h5-9,11-12H,10H2,1-4H3. The van der Waals surface area contributed by atoms with Crippen molar-refractivity contribution in [2.75, 3.05) is 0 Å². The second-order valence-electron chi connectivity index (χ2n) is 6.94. The van der Waals surface area contributed by atoms with Gasteiger partial charge in [-0.3, -0.25) is 9.36 Å². The van der Waals surface area contributed by atoms with E-state index in [1.165, 1.54) is 27.6 Å². The van der Waals surface area contributed by atoms with Gasteiger partial charge < -0.3 is 0 Å². The van der Waals surface area contributed by atoms with Gasteiger partial charge in [-0.2, -0.15) is 5.10 Å². The lowest BCUT2D eigenvalue weighted by atomic mass is 9.97. The molecule has 0 amide bonds. The van der Waals surface area contributed by atoms with Gasteiger partial charge in [-0.1, -0.05) is 23.8 Å². The lowest BCUT2D eigenvalue weighted by Gasteiger charge is -2.13. The topological polar surface area (TPSA) is 65.1 Å². The maximum absolute atomic E-state index is 12.7. The first-order chi connectivity index (χ1) is 13.0. The largest absolute Gasteiger partial charge is 0.272 e. The number of aryl methyl sites for hydroxylation is 4. The molecule has 27 heavy (non-hydrogen) atoms. The first-order valence-corrected chi connectivity index (χ1v) is 8.88. The van der Waals surface area contributed by atoms with E-state index in [-0.39, 0.29) is 5.91 Å². The van der Waals surface area contributed by atoms with Crippen molar-refractivity contribution in [3.63, 3.8) is 0 Å². The molecule has 0 aliphatic heterocycles. The molecule has 0 spiro atoms. The fourth-order valence-corrected chi connectivity index (χ4v) is 3.42. The van der Waals surface area contributed by atoms with E-state index in [2.05, 4.69) is 42.1 Å². The Kier molecular flexibility index (Phi) is 4.11. The van der Waals surface area contributed by atoms with Crippen molar-refractivity contribution in [3.8, 4) is 0 Å². The molecule has 4 rings (SSSR count). The molecule has 136 valence electrons. The van der Waals surface area contributed by atoms with Crippen LogP contribution in [0.15, 0.2) is 43.1 Å². The highest BCUT2D eigenvalue weighted by Gasteiger charge is 2.19. The van der Waals surface area contributed by atoms with Crippen LogP contribution in [0.4, 0.5) is 0 Å². The summed E-state index contributed by atoms with van der Waals surface area (Å²) in [6.07, 6.45) is 7.06. The minimum atomic E-state index is -0.184. The second-order valence-corrected chi connectivity index (χ2v) is 6.94. The van der Waals surface area contributed by atoms with Gasteiger partial charge in [-0.25, -0.2) is 14.5 Å². The summed E-state index contributed by atoms with van der Waals surface area (Å²) in [5, 5.41) is 4.43. The molecule has 6 heteroatoms. The molecule has 6 nitrogen and oxygen atoms in total. The Balaban J connectivity index is 1.81. The van der Waals surface area contributed by atoms with Crippen LogP contribution in [0.5, 0.6) is 0 Å². The zero-order valence-corrected chi connectivity index (χ0v) is 15.9. The predicted octanol–water partition coefficient (Wildman–Crippen LogP) is 3.44. The van der Waals surface area contributed by atoms with Crippen LogP contribution in [0.25, 0.3) is 5.65 Å². The van der Waals surface area contributed by atoms with Gasteiger partial charge in [0, 0.05) is 30.2 Å². The van der Waals surface area contributed by atoms with Crippen molar-refractivity contribution in [2.24, 2.45) is 0 Å². The highest BCUT2D eigenvalue weighted by Crippen LogP contribution is 2.22. The number of aromatic nitrogens is 5. The predicted molar refractivity (Wildman–Crippen MR) is 103 cm³/mol. The monoisotopic (exact) mass is 359 g/mol. The van der Waals surface area contributed by atoms with Crippen LogP contribution < -0.4 is 0 Å².